The topological polar surface area (TPSA) is 76.9 Å². The molecule has 0 bridgehead atoms. The fourth-order valence-electron chi connectivity index (χ4n) is 1.48. The third-order valence-electron chi connectivity index (χ3n) is 2.45. The van der Waals surface area contributed by atoms with Crippen LogP contribution in [0.15, 0.2) is 42.3 Å². The van der Waals surface area contributed by atoms with E-state index in [0.717, 1.165) is 17.5 Å². The van der Waals surface area contributed by atoms with Crippen molar-refractivity contribution in [3.05, 3.63) is 42.9 Å². The molecule has 19 heavy (non-hydrogen) atoms. The van der Waals surface area contributed by atoms with Crippen molar-refractivity contribution >= 4 is 21.7 Å². The van der Waals surface area contributed by atoms with Crippen molar-refractivity contribution in [2.45, 2.75) is 11.6 Å². The fourth-order valence-corrected chi connectivity index (χ4v) is 2.04. The van der Waals surface area contributed by atoms with Crippen LogP contribution >= 0.6 is 0 Å². The first-order chi connectivity index (χ1) is 8.99. The summed E-state index contributed by atoms with van der Waals surface area (Å²) in [6, 6.07) is 3.16. The Morgan fingerprint density at radius 1 is 1.42 bits per heavy atom. The first kappa shape index (κ1) is 13.3. The number of rotatable bonds is 5. The van der Waals surface area contributed by atoms with Gasteiger partial charge in [0.15, 0.2) is 14.9 Å². The maximum atomic E-state index is 11.3. The highest BCUT2D eigenvalue weighted by molar-refractivity contribution is 7.90. The normalized spacial score (nSPS) is 11.2. The summed E-state index contributed by atoms with van der Waals surface area (Å²) < 4.78 is 24.1. The summed E-state index contributed by atoms with van der Waals surface area (Å²) >= 11 is 0. The maximum Gasteiger partial charge on any atom is 0.192 e. The average Bonchev–Trinajstić information content (AvgIpc) is 2.84. The van der Waals surface area contributed by atoms with Crippen LogP contribution in [0.5, 0.6) is 0 Å². The molecule has 0 saturated heterocycles. The zero-order valence-corrected chi connectivity index (χ0v) is 11.3. The Morgan fingerprint density at radius 3 is 2.74 bits per heavy atom. The number of hydrogen-bond donors (Lipinski definition) is 1. The van der Waals surface area contributed by atoms with Crippen LogP contribution in [-0.4, -0.2) is 29.4 Å². The van der Waals surface area contributed by atoms with Crippen LogP contribution in [0, 0.1) is 0 Å². The summed E-state index contributed by atoms with van der Waals surface area (Å²) in [4.78, 5) is 3.90. The van der Waals surface area contributed by atoms with Crippen LogP contribution in [0.1, 0.15) is 5.56 Å². The molecule has 0 saturated carbocycles. The highest BCUT2D eigenvalue weighted by atomic mass is 32.2. The van der Waals surface area contributed by atoms with Crippen LogP contribution in [0.2, 0.25) is 0 Å². The minimum absolute atomic E-state index is 0.0672. The van der Waals surface area contributed by atoms with Crippen molar-refractivity contribution in [3.63, 3.8) is 0 Å². The zero-order valence-electron chi connectivity index (χ0n) is 10.4. The quantitative estimate of drug-likeness (QED) is 0.894. The Hall–Kier alpha value is -2.15. The Morgan fingerprint density at radius 2 is 2.21 bits per heavy atom. The summed E-state index contributed by atoms with van der Waals surface area (Å²) in [6.45, 7) is 4.19. The molecule has 100 valence electrons. The highest BCUT2D eigenvalue weighted by Gasteiger charge is 2.07. The van der Waals surface area contributed by atoms with E-state index in [2.05, 4.69) is 22.0 Å². The molecule has 0 radical (unpaired) electrons. The first-order valence-corrected chi connectivity index (χ1v) is 7.44. The number of sulfone groups is 1. The van der Waals surface area contributed by atoms with Crippen molar-refractivity contribution in [1.82, 2.24) is 14.8 Å². The van der Waals surface area contributed by atoms with E-state index in [1.807, 2.05) is 6.20 Å². The minimum Gasteiger partial charge on any atom is -0.380 e. The number of nitrogens with one attached hydrogen (secondary N) is 1. The molecular weight excluding hydrogens is 264 g/mol. The molecule has 2 rings (SSSR count). The smallest absolute Gasteiger partial charge is 0.192 e. The molecule has 0 fully saturated rings. The summed E-state index contributed by atoms with van der Waals surface area (Å²) in [5, 5.41) is 7.26. The van der Waals surface area contributed by atoms with Gasteiger partial charge in [-0.2, -0.15) is 5.10 Å². The number of aromatic nitrogens is 3. The van der Waals surface area contributed by atoms with Gasteiger partial charge in [-0.15, -0.1) is 0 Å². The van der Waals surface area contributed by atoms with E-state index in [1.54, 1.807) is 23.1 Å². The molecule has 2 aromatic heterocycles. The van der Waals surface area contributed by atoms with Gasteiger partial charge in [-0.3, -0.25) is 0 Å². The van der Waals surface area contributed by atoms with Gasteiger partial charge in [0.2, 0.25) is 0 Å². The third-order valence-corrected chi connectivity index (χ3v) is 3.46. The van der Waals surface area contributed by atoms with Crippen molar-refractivity contribution < 1.29 is 8.42 Å². The Kier molecular flexibility index (Phi) is 3.66. The monoisotopic (exact) mass is 278 g/mol. The maximum absolute atomic E-state index is 11.3. The van der Waals surface area contributed by atoms with Crippen molar-refractivity contribution in [2.24, 2.45) is 0 Å². The van der Waals surface area contributed by atoms with Crippen LogP contribution < -0.4 is 5.32 Å². The van der Waals surface area contributed by atoms with Gasteiger partial charge in [-0.05, 0) is 12.1 Å². The molecule has 0 aliphatic carbocycles. The van der Waals surface area contributed by atoms with Gasteiger partial charge in [0.05, 0.1) is 18.1 Å². The number of hydrogen-bond acceptors (Lipinski definition) is 5. The van der Waals surface area contributed by atoms with E-state index in [9.17, 15) is 8.42 Å². The van der Waals surface area contributed by atoms with Crippen molar-refractivity contribution in [3.8, 4) is 0 Å². The lowest BCUT2D eigenvalue weighted by Gasteiger charge is -2.04. The van der Waals surface area contributed by atoms with E-state index in [4.69, 9.17) is 0 Å². The Bertz CT molecular complexity index is 674. The van der Waals surface area contributed by atoms with Crippen LogP contribution in [-0.2, 0) is 16.4 Å². The lowest BCUT2D eigenvalue weighted by molar-refractivity contribution is 0.598. The second-order valence-corrected chi connectivity index (χ2v) is 5.98. The van der Waals surface area contributed by atoms with Gasteiger partial charge in [0, 0.05) is 30.8 Å². The average molecular weight is 278 g/mol. The molecular formula is C12H14N4O2S. The molecule has 0 aliphatic heterocycles. The third kappa shape index (κ3) is 3.41. The summed E-state index contributed by atoms with van der Waals surface area (Å²) in [6.07, 6.45) is 7.80. The van der Waals surface area contributed by atoms with E-state index in [0.29, 0.717) is 6.54 Å². The minimum atomic E-state index is -3.25. The highest BCUT2D eigenvalue weighted by Crippen LogP contribution is 2.11. The molecule has 7 heteroatoms. The number of pyridine rings is 1. The van der Waals surface area contributed by atoms with Gasteiger partial charge in [0.25, 0.3) is 0 Å². The SMILES string of the molecule is C=Cn1cc(CNc2ccc(S(C)(=O)=O)nc2)cn1. The van der Waals surface area contributed by atoms with Crippen molar-refractivity contribution in [2.75, 3.05) is 11.6 Å². The lowest BCUT2D eigenvalue weighted by atomic mass is 10.3. The molecule has 0 amide bonds. The molecule has 0 spiro atoms. The van der Waals surface area contributed by atoms with Gasteiger partial charge in [-0.1, -0.05) is 6.58 Å². The van der Waals surface area contributed by atoms with E-state index in [1.165, 1.54) is 12.3 Å². The predicted molar refractivity (Wildman–Crippen MR) is 73.3 cm³/mol. The molecule has 0 aromatic carbocycles. The molecule has 2 heterocycles. The molecule has 0 atom stereocenters. The van der Waals surface area contributed by atoms with Crippen LogP contribution in [0.4, 0.5) is 5.69 Å². The standard InChI is InChI=1S/C12H14N4O2S/c1-3-16-9-10(7-15-16)6-13-11-4-5-12(14-8-11)19(2,17)18/h3-5,7-9,13H,1,6H2,2H3. The summed E-state index contributed by atoms with van der Waals surface area (Å²) in [5.74, 6) is 0. The molecule has 0 unspecified atom stereocenters. The van der Waals surface area contributed by atoms with Gasteiger partial charge in [-0.25, -0.2) is 18.1 Å². The van der Waals surface area contributed by atoms with Gasteiger partial charge in [0.1, 0.15) is 0 Å². The lowest BCUT2D eigenvalue weighted by Crippen LogP contribution is -2.02. The Labute approximate surface area is 111 Å². The first-order valence-electron chi connectivity index (χ1n) is 5.54. The largest absolute Gasteiger partial charge is 0.380 e. The van der Waals surface area contributed by atoms with E-state index >= 15 is 0 Å². The van der Waals surface area contributed by atoms with Crippen LogP contribution in [0.25, 0.3) is 6.20 Å². The zero-order chi connectivity index (χ0) is 13.9. The van der Waals surface area contributed by atoms with Crippen LogP contribution in [0.3, 0.4) is 0 Å². The van der Waals surface area contributed by atoms with Gasteiger partial charge >= 0.3 is 0 Å². The molecule has 6 nitrogen and oxygen atoms in total. The van der Waals surface area contributed by atoms with Crippen molar-refractivity contribution in [1.29, 1.82) is 0 Å². The summed E-state index contributed by atoms with van der Waals surface area (Å²) in [7, 11) is -3.25. The van der Waals surface area contributed by atoms with E-state index in [-0.39, 0.29) is 5.03 Å². The summed E-state index contributed by atoms with van der Waals surface area (Å²) in [5.41, 5.74) is 1.74. The second kappa shape index (κ2) is 5.23. The molecule has 2 aromatic rings. The molecule has 0 aliphatic rings. The second-order valence-electron chi connectivity index (χ2n) is 4.02. The predicted octanol–water partition coefficient (Wildman–Crippen LogP) is 1.39. The molecule has 1 N–H and O–H groups in total. The van der Waals surface area contributed by atoms with Gasteiger partial charge < -0.3 is 5.32 Å². The van der Waals surface area contributed by atoms with E-state index < -0.39 is 9.84 Å². The number of anilines is 1. The fraction of sp³-hybridized carbons (Fsp3) is 0.167. The Balaban J connectivity index is 2.02. The number of nitrogens with zero attached hydrogens (tertiary/aromatic N) is 3.